The fraction of sp³-hybridized carbons (Fsp3) is 0.471. The lowest BCUT2D eigenvalue weighted by atomic mass is 10.1. The molecule has 0 spiro atoms. The van der Waals surface area contributed by atoms with Crippen LogP contribution in [0.25, 0.3) is 11.3 Å². The van der Waals surface area contributed by atoms with Crippen LogP contribution in [0.1, 0.15) is 18.5 Å². The maximum atomic E-state index is 6.02. The maximum Gasteiger partial charge on any atom is 0.243 e. The number of hydrogen-bond donors (Lipinski definition) is 1. The first-order valence-electron chi connectivity index (χ1n) is 8.07. The van der Waals surface area contributed by atoms with E-state index in [0.717, 1.165) is 30.8 Å². The molecule has 7 heteroatoms. The molecule has 1 saturated heterocycles. The Labute approximate surface area is 147 Å². The average molecular weight is 348 g/mol. The topological polar surface area (TPSA) is 63.2 Å². The number of piperidine rings is 1. The molecule has 2 aromatic rings. The fourth-order valence-electron chi connectivity index (χ4n) is 3.04. The largest absolute Gasteiger partial charge is 0.496 e. The van der Waals surface area contributed by atoms with Crippen LogP contribution in [0.3, 0.4) is 0 Å². The van der Waals surface area contributed by atoms with Crippen molar-refractivity contribution < 1.29 is 4.74 Å². The lowest BCUT2D eigenvalue weighted by Gasteiger charge is -2.30. The first kappa shape index (κ1) is 16.9. The van der Waals surface area contributed by atoms with Crippen LogP contribution in [0.5, 0.6) is 5.75 Å². The minimum atomic E-state index is 0.362. The number of aryl methyl sites for hydroxylation is 1. The Bertz CT molecular complexity index is 724. The molecular weight excluding hydrogens is 326 g/mol. The highest BCUT2D eigenvalue weighted by molar-refractivity contribution is 6.30. The van der Waals surface area contributed by atoms with Gasteiger partial charge in [-0.25, -0.2) is 4.98 Å². The number of benzene rings is 1. The lowest BCUT2D eigenvalue weighted by molar-refractivity contribution is 0.260. The fourth-order valence-corrected chi connectivity index (χ4v) is 3.20. The summed E-state index contributed by atoms with van der Waals surface area (Å²) >= 11 is 6.02. The molecule has 1 N–H and O–H groups in total. The summed E-state index contributed by atoms with van der Waals surface area (Å²) in [4.78, 5) is 6.89. The van der Waals surface area contributed by atoms with E-state index in [1.807, 2.05) is 19.1 Å². The van der Waals surface area contributed by atoms with Crippen molar-refractivity contribution in [2.45, 2.75) is 25.8 Å². The van der Waals surface area contributed by atoms with Crippen LogP contribution in [0, 0.1) is 6.92 Å². The second kappa shape index (κ2) is 7.32. The molecule has 0 amide bonds. The number of likely N-dealkylation sites (N-methyl/N-ethyl adjacent to an activating group) is 1. The molecule has 0 aliphatic carbocycles. The molecule has 6 nitrogen and oxygen atoms in total. The minimum absolute atomic E-state index is 0.362. The molecule has 0 bridgehead atoms. The van der Waals surface area contributed by atoms with Crippen LogP contribution < -0.4 is 10.1 Å². The summed E-state index contributed by atoms with van der Waals surface area (Å²) in [7, 11) is 3.74. The van der Waals surface area contributed by atoms with Gasteiger partial charge in [-0.05, 0) is 51.6 Å². The van der Waals surface area contributed by atoms with Gasteiger partial charge in [0.05, 0.1) is 12.8 Å². The van der Waals surface area contributed by atoms with Gasteiger partial charge in [-0.2, -0.15) is 0 Å². The second-order valence-corrected chi connectivity index (χ2v) is 6.60. The number of hydrogen-bond acceptors (Lipinski definition) is 6. The second-order valence-electron chi connectivity index (χ2n) is 6.16. The molecule has 1 aliphatic heterocycles. The Kier molecular flexibility index (Phi) is 5.16. The molecule has 2 heterocycles. The number of nitrogens with one attached hydrogen (secondary N) is 1. The minimum Gasteiger partial charge on any atom is -0.496 e. The van der Waals surface area contributed by atoms with Crippen LogP contribution in [-0.2, 0) is 0 Å². The van der Waals surface area contributed by atoms with Crippen molar-refractivity contribution >= 4 is 17.5 Å². The first-order chi connectivity index (χ1) is 11.6. The van der Waals surface area contributed by atoms with Gasteiger partial charge in [-0.3, -0.25) is 0 Å². The normalized spacial score (nSPS) is 18.4. The maximum absolute atomic E-state index is 6.02. The summed E-state index contributed by atoms with van der Waals surface area (Å²) in [6.07, 6.45) is 2.31. The van der Waals surface area contributed by atoms with Gasteiger partial charge < -0.3 is 15.0 Å². The number of ether oxygens (including phenoxy) is 1. The van der Waals surface area contributed by atoms with Gasteiger partial charge >= 0.3 is 0 Å². The van der Waals surface area contributed by atoms with Crippen LogP contribution in [-0.4, -0.2) is 53.4 Å². The number of rotatable bonds is 4. The highest BCUT2D eigenvalue weighted by atomic mass is 35.5. The Hall–Kier alpha value is -1.92. The highest BCUT2D eigenvalue weighted by Crippen LogP contribution is 2.32. The Morgan fingerprint density at radius 3 is 2.88 bits per heavy atom. The van der Waals surface area contributed by atoms with Crippen LogP contribution in [0.2, 0.25) is 5.02 Å². The molecular formula is C17H22ClN5O. The molecule has 0 saturated carbocycles. The molecule has 1 unspecified atom stereocenters. The Morgan fingerprint density at radius 1 is 1.33 bits per heavy atom. The van der Waals surface area contributed by atoms with E-state index in [0.29, 0.717) is 28.5 Å². The predicted molar refractivity (Wildman–Crippen MR) is 95.7 cm³/mol. The molecule has 0 radical (unpaired) electrons. The number of methoxy groups -OCH3 is 1. The zero-order chi connectivity index (χ0) is 17.1. The van der Waals surface area contributed by atoms with E-state index in [2.05, 4.69) is 32.4 Å². The van der Waals surface area contributed by atoms with Crippen molar-refractivity contribution in [3.63, 3.8) is 0 Å². The number of halogens is 1. The van der Waals surface area contributed by atoms with Crippen LogP contribution in [0.15, 0.2) is 18.2 Å². The van der Waals surface area contributed by atoms with Crippen LogP contribution >= 0.6 is 11.6 Å². The van der Waals surface area contributed by atoms with Crippen LogP contribution in [0.4, 0.5) is 5.95 Å². The van der Waals surface area contributed by atoms with E-state index in [1.54, 1.807) is 13.2 Å². The highest BCUT2D eigenvalue weighted by Gasteiger charge is 2.19. The van der Waals surface area contributed by atoms with E-state index in [4.69, 9.17) is 16.3 Å². The summed E-state index contributed by atoms with van der Waals surface area (Å²) in [5.74, 6) is 1.24. The number of likely N-dealkylation sites (tertiary alicyclic amines) is 1. The standard InChI is InChI=1S/C17H22ClN5O/c1-11-16(14-7-6-12(18)9-15(14)24-3)21-22-17(19-11)20-13-5-4-8-23(2)10-13/h6-7,9,13H,4-5,8,10H2,1-3H3,(H,19,20,22). The van der Waals surface area contributed by atoms with Crippen molar-refractivity contribution in [2.24, 2.45) is 0 Å². The Balaban J connectivity index is 1.82. The summed E-state index contributed by atoms with van der Waals surface area (Å²) < 4.78 is 5.40. The third-order valence-corrected chi connectivity index (χ3v) is 4.47. The molecule has 3 rings (SSSR count). The third-order valence-electron chi connectivity index (χ3n) is 4.24. The van der Waals surface area contributed by atoms with Crippen molar-refractivity contribution in [1.82, 2.24) is 20.1 Å². The van der Waals surface area contributed by atoms with Crippen molar-refractivity contribution in [3.8, 4) is 17.0 Å². The number of nitrogens with zero attached hydrogens (tertiary/aromatic N) is 4. The monoisotopic (exact) mass is 347 g/mol. The number of anilines is 1. The van der Waals surface area contributed by atoms with Gasteiger partial charge in [0.15, 0.2) is 0 Å². The predicted octanol–water partition coefficient (Wildman–Crippen LogP) is 3.02. The van der Waals surface area contributed by atoms with Crippen molar-refractivity contribution in [3.05, 3.63) is 28.9 Å². The van der Waals surface area contributed by atoms with Crippen molar-refractivity contribution in [1.29, 1.82) is 0 Å². The first-order valence-corrected chi connectivity index (χ1v) is 8.45. The summed E-state index contributed by atoms with van der Waals surface area (Å²) in [5, 5.41) is 12.6. The molecule has 128 valence electrons. The van der Waals surface area contributed by atoms with E-state index in [-0.39, 0.29) is 0 Å². The summed E-state index contributed by atoms with van der Waals surface area (Å²) in [6.45, 7) is 4.07. The molecule has 1 aromatic carbocycles. The van der Waals surface area contributed by atoms with E-state index < -0.39 is 0 Å². The SMILES string of the molecule is COc1cc(Cl)ccc1-c1nnc(NC2CCCN(C)C2)nc1C. The summed E-state index contributed by atoms with van der Waals surface area (Å²) in [6, 6.07) is 5.82. The van der Waals surface area contributed by atoms with Gasteiger partial charge in [0.1, 0.15) is 11.4 Å². The van der Waals surface area contributed by atoms with E-state index >= 15 is 0 Å². The molecule has 1 aromatic heterocycles. The zero-order valence-corrected chi connectivity index (χ0v) is 15.0. The van der Waals surface area contributed by atoms with Gasteiger partial charge in [0, 0.05) is 23.2 Å². The molecule has 1 aliphatic rings. The van der Waals surface area contributed by atoms with E-state index in [9.17, 15) is 0 Å². The zero-order valence-electron chi connectivity index (χ0n) is 14.2. The van der Waals surface area contributed by atoms with Gasteiger partial charge in [0.25, 0.3) is 0 Å². The van der Waals surface area contributed by atoms with E-state index in [1.165, 1.54) is 6.42 Å². The lowest BCUT2D eigenvalue weighted by Crippen LogP contribution is -2.40. The van der Waals surface area contributed by atoms with Gasteiger partial charge in [0.2, 0.25) is 5.95 Å². The molecule has 1 fully saturated rings. The molecule has 1 atom stereocenters. The molecule has 24 heavy (non-hydrogen) atoms. The van der Waals surface area contributed by atoms with Gasteiger partial charge in [-0.1, -0.05) is 11.6 Å². The Morgan fingerprint density at radius 2 is 2.17 bits per heavy atom. The third kappa shape index (κ3) is 3.76. The quantitative estimate of drug-likeness (QED) is 0.917. The average Bonchev–Trinajstić information content (AvgIpc) is 2.55. The van der Waals surface area contributed by atoms with Gasteiger partial charge in [-0.15, -0.1) is 10.2 Å². The number of aromatic nitrogens is 3. The van der Waals surface area contributed by atoms with Crippen molar-refractivity contribution in [2.75, 3.05) is 32.6 Å². The summed E-state index contributed by atoms with van der Waals surface area (Å²) in [5.41, 5.74) is 2.34. The smallest absolute Gasteiger partial charge is 0.243 e.